The molecule has 142 valence electrons. The van der Waals surface area contributed by atoms with Crippen molar-refractivity contribution in [1.29, 1.82) is 0 Å². The molecule has 1 aromatic heterocycles. The van der Waals surface area contributed by atoms with E-state index >= 15 is 0 Å². The summed E-state index contributed by atoms with van der Waals surface area (Å²) in [7, 11) is 1.29. The van der Waals surface area contributed by atoms with Gasteiger partial charge in [0, 0.05) is 29.6 Å². The predicted octanol–water partition coefficient (Wildman–Crippen LogP) is 3.25. The van der Waals surface area contributed by atoms with Gasteiger partial charge in [-0.2, -0.15) is 0 Å². The molecule has 1 heterocycles. The highest BCUT2D eigenvalue weighted by molar-refractivity contribution is 6.00. The van der Waals surface area contributed by atoms with Crippen LogP contribution in [0.3, 0.4) is 0 Å². The van der Waals surface area contributed by atoms with E-state index < -0.39 is 17.5 Å². The van der Waals surface area contributed by atoms with Gasteiger partial charge in [0.25, 0.3) is 0 Å². The van der Waals surface area contributed by atoms with Gasteiger partial charge in [-0.3, -0.25) is 14.9 Å². The topological polar surface area (TPSA) is 101 Å². The van der Waals surface area contributed by atoms with Gasteiger partial charge in [-0.1, -0.05) is 6.08 Å². The first-order valence-corrected chi connectivity index (χ1v) is 8.10. The molecule has 27 heavy (non-hydrogen) atoms. The molecule has 0 bridgehead atoms. The number of benzene rings is 1. The van der Waals surface area contributed by atoms with Crippen LogP contribution in [0.2, 0.25) is 0 Å². The number of ether oxygens (including phenoxy) is 2. The van der Waals surface area contributed by atoms with Crippen LogP contribution < -0.4 is 4.74 Å². The lowest BCUT2D eigenvalue weighted by molar-refractivity contribution is -0.385. The van der Waals surface area contributed by atoms with Crippen LogP contribution in [0.5, 0.6) is 5.75 Å². The second kappa shape index (κ2) is 8.31. The number of allylic oxidation sites excluding steroid dienone is 1. The first-order valence-electron chi connectivity index (χ1n) is 8.10. The number of nitro benzene ring substituents is 1. The fourth-order valence-electron chi connectivity index (χ4n) is 2.75. The zero-order chi connectivity index (χ0) is 20.1. The van der Waals surface area contributed by atoms with Gasteiger partial charge in [0.1, 0.15) is 0 Å². The van der Waals surface area contributed by atoms with Crippen LogP contribution >= 0.6 is 0 Å². The third kappa shape index (κ3) is 4.22. The number of nitrogens with zero attached hydrogens (tertiary/aromatic N) is 2. The molecule has 0 aliphatic heterocycles. The zero-order valence-corrected chi connectivity index (χ0v) is 15.4. The number of hydrogen-bond acceptors (Lipinski definition) is 6. The molecule has 0 radical (unpaired) electrons. The normalized spacial score (nSPS) is 10.3. The number of Topliss-reactive ketones (excluding diaryl/α,β-unsaturated/α-hetero) is 1. The van der Waals surface area contributed by atoms with Crippen LogP contribution in [0.1, 0.15) is 32.1 Å². The Hall–Kier alpha value is -3.42. The summed E-state index contributed by atoms with van der Waals surface area (Å²) in [6.45, 7) is 7.47. The first-order chi connectivity index (χ1) is 12.8. The monoisotopic (exact) mass is 372 g/mol. The van der Waals surface area contributed by atoms with Gasteiger partial charge in [-0.05, 0) is 32.0 Å². The quantitative estimate of drug-likeness (QED) is 0.232. The predicted molar refractivity (Wildman–Crippen MR) is 98.4 cm³/mol. The van der Waals surface area contributed by atoms with E-state index in [1.165, 1.54) is 19.2 Å². The van der Waals surface area contributed by atoms with E-state index in [9.17, 15) is 19.7 Å². The largest absolute Gasteiger partial charge is 0.490 e. The van der Waals surface area contributed by atoms with Crippen molar-refractivity contribution in [3.8, 4) is 5.75 Å². The van der Waals surface area contributed by atoms with Crippen molar-refractivity contribution >= 4 is 17.4 Å². The fraction of sp³-hybridized carbons (Fsp3) is 0.263. The maximum absolute atomic E-state index is 12.4. The molecule has 0 unspecified atom stereocenters. The molecule has 1 aromatic carbocycles. The van der Waals surface area contributed by atoms with E-state index in [2.05, 4.69) is 6.58 Å². The average Bonchev–Trinajstić information content (AvgIpc) is 2.93. The van der Waals surface area contributed by atoms with Crippen LogP contribution in [0, 0.1) is 24.0 Å². The molecule has 2 rings (SSSR count). The lowest BCUT2D eigenvalue weighted by atomic mass is 10.1. The standard InChI is InChI=1S/C19H20N2O6/c1-5-8-20-12(2)9-15(13(20)3)17(22)11-27-19(23)14-6-7-18(26-4)16(10-14)21(24)25/h5-7,9-10H,1,8,11H2,2-4H3. The fourth-order valence-corrected chi connectivity index (χ4v) is 2.75. The summed E-state index contributed by atoms with van der Waals surface area (Å²) in [6.07, 6.45) is 1.73. The lowest BCUT2D eigenvalue weighted by Crippen LogP contribution is -2.15. The number of rotatable bonds is 8. The molecular formula is C19H20N2O6. The summed E-state index contributed by atoms with van der Waals surface area (Å²) in [4.78, 5) is 34.9. The van der Waals surface area contributed by atoms with Crippen molar-refractivity contribution < 1.29 is 24.0 Å². The van der Waals surface area contributed by atoms with Gasteiger partial charge >= 0.3 is 11.7 Å². The molecule has 0 N–H and O–H groups in total. The molecular weight excluding hydrogens is 352 g/mol. The van der Waals surface area contributed by atoms with Crippen LogP contribution in [-0.4, -0.2) is 35.0 Å². The molecule has 0 atom stereocenters. The van der Waals surface area contributed by atoms with Crippen LogP contribution in [0.15, 0.2) is 36.9 Å². The van der Waals surface area contributed by atoms with Gasteiger partial charge < -0.3 is 14.0 Å². The van der Waals surface area contributed by atoms with Crippen LogP contribution in [-0.2, 0) is 11.3 Å². The molecule has 8 heteroatoms. The van der Waals surface area contributed by atoms with Gasteiger partial charge in [0.05, 0.1) is 17.6 Å². The van der Waals surface area contributed by atoms with Gasteiger partial charge in [0.15, 0.2) is 12.4 Å². The summed E-state index contributed by atoms with van der Waals surface area (Å²) in [5, 5.41) is 11.0. The van der Waals surface area contributed by atoms with E-state index in [0.29, 0.717) is 12.1 Å². The zero-order valence-electron chi connectivity index (χ0n) is 15.4. The highest BCUT2D eigenvalue weighted by Gasteiger charge is 2.21. The number of hydrogen-bond donors (Lipinski definition) is 0. The van der Waals surface area contributed by atoms with E-state index in [-0.39, 0.29) is 22.8 Å². The third-order valence-electron chi connectivity index (χ3n) is 4.13. The van der Waals surface area contributed by atoms with Crippen LogP contribution in [0.25, 0.3) is 0 Å². The SMILES string of the molecule is C=CCn1c(C)cc(C(=O)COC(=O)c2ccc(OC)c([N+](=O)[O-])c2)c1C. The Balaban J connectivity index is 2.13. The van der Waals surface area contributed by atoms with Crippen LogP contribution in [0.4, 0.5) is 5.69 Å². The first kappa shape index (κ1) is 19.9. The maximum atomic E-state index is 12.4. The Morgan fingerprint density at radius 1 is 1.30 bits per heavy atom. The molecule has 0 amide bonds. The number of nitro groups is 1. The summed E-state index contributed by atoms with van der Waals surface area (Å²) >= 11 is 0. The van der Waals surface area contributed by atoms with Crippen molar-refractivity contribution in [3.63, 3.8) is 0 Å². The van der Waals surface area contributed by atoms with Gasteiger partial charge in [-0.15, -0.1) is 6.58 Å². The molecule has 8 nitrogen and oxygen atoms in total. The van der Waals surface area contributed by atoms with Crippen molar-refractivity contribution in [1.82, 2.24) is 4.57 Å². The second-order valence-electron chi connectivity index (χ2n) is 5.83. The second-order valence-corrected chi connectivity index (χ2v) is 5.83. The maximum Gasteiger partial charge on any atom is 0.338 e. The molecule has 0 saturated heterocycles. The van der Waals surface area contributed by atoms with E-state index in [1.54, 1.807) is 19.1 Å². The summed E-state index contributed by atoms with van der Waals surface area (Å²) < 4.78 is 11.8. The molecule has 0 aliphatic carbocycles. The molecule has 0 aliphatic rings. The van der Waals surface area contributed by atoms with E-state index in [4.69, 9.17) is 9.47 Å². The molecule has 0 saturated carbocycles. The minimum atomic E-state index is -0.825. The molecule has 0 fully saturated rings. The number of esters is 1. The molecule has 2 aromatic rings. The number of aromatic nitrogens is 1. The number of ketones is 1. The Bertz CT molecular complexity index is 913. The van der Waals surface area contributed by atoms with Gasteiger partial charge in [-0.25, -0.2) is 4.79 Å². The Morgan fingerprint density at radius 2 is 2.00 bits per heavy atom. The highest BCUT2D eigenvalue weighted by atomic mass is 16.6. The van der Waals surface area contributed by atoms with Gasteiger partial charge in [0.2, 0.25) is 5.78 Å². The number of methoxy groups -OCH3 is 1. The smallest absolute Gasteiger partial charge is 0.338 e. The number of carbonyl (C=O) groups excluding carboxylic acids is 2. The minimum Gasteiger partial charge on any atom is -0.490 e. The van der Waals surface area contributed by atoms with Crippen molar-refractivity contribution in [2.75, 3.05) is 13.7 Å². The van der Waals surface area contributed by atoms with Crippen molar-refractivity contribution in [2.24, 2.45) is 0 Å². The highest BCUT2D eigenvalue weighted by Crippen LogP contribution is 2.27. The summed E-state index contributed by atoms with van der Waals surface area (Å²) in [6, 6.07) is 5.43. The van der Waals surface area contributed by atoms with Crippen molar-refractivity contribution in [3.05, 3.63) is 69.5 Å². The Labute approximate surface area is 156 Å². The van der Waals surface area contributed by atoms with E-state index in [0.717, 1.165) is 17.5 Å². The summed E-state index contributed by atoms with van der Waals surface area (Å²) in [5.74, 6) is -1.15. The number of carbonyl (C=O) groups is 2. The lowest BCUT2D eigenvalue weighted by Gasteiger charge is -2.07. The third-order valence-corrected chi connectivity index (χ3v) is 4.13. The minimum absolute atomic E-state index is 0.0299. The van der Waals surface area contributed by atoms with E-state index in [1.807, 2.05) is 11.5 Å². The Morgan fingerprint density at radius 3 is 2.59 bits per heavy atom. The molecule has 0 spiro atoms. The number of aryl methyl sites for hydroxylation is 1. The Kier molecular flexibility index (Phi) is 6.12. The van der Waals surface area contributed by atoms with Crippen molar-refractivity contribution in [2.45, 2.75) is 20.4 Å². The summed E-state index contributed by atoms with van der Waals surface area (Å²) in [5.41, 5.74) is 1.72. The average molecular weight is 372 g/mol.